The Hall–Kier alpha value is -3.61. The molecule has 30 heavy (non-hydrogen) atoms. The van der Waals surface area contributed by atoms with Crippen molar-refractivity contribution in [3.63, 3.8) is 0 Å². The minimum atomic E-state index is -0.952. The van der Waals surface area contributed by atoms with Crippen molar-refractivity contribution < 1.29 is 23.9 Å². The Morgan fingerprint density at radius 1 is 1.13 bits per heavy atom. The smallest absolute Gasteiger partial charge is 0.312 e. The zero-order valence-electron chi connectivity index (χ0n) is 16.8. The van der Waals surface area contributed by atoms with Gasteiger partial charge in [0, 0.05) is 35.6 Å². The number of ether oxygens (including phenoxy) is 2. The first kappa shape index (κ1) is 19.7. The minimum absolute atomic E-state index is 0.0326. The normalized spacial score (nSPS) is 17.2. The van der Waals surface area contributed by atoms with Gasteiger partial charge < -0.3 is 19.4 Å². The fourth-order valence-corrected chi connectivity index (χ4v) is 3.77. The summed E-state index contributed by atoms with van der Waals surface area (Å²) in [5, 5.41) is 0.781. The highest BCUT2D eigenvalue weighted by Gasteiger charge is 2.38. The average Bonchev–Trinajstić information content (AvgIpc) is 3.36. The van der Waals surface area contributed by atoms with Gasteiger partial charge in [-0.3, -0.25) is 14.4 Å². The molecule has 7 nitrogen and oxygen atoms in total. The van der Waals surface area contributed by atoms with E-state index in [0.717, 1.165) is 10.9 Å². The Morgan fingerprint density at radius 3 is 2.67 bits per heavy atom. The van der Waals surface area contributed by atoms with Crippen molar-refractivity contribution in [2.75, 3.05) is 18.6 Å². The van der Waals surface area contributed by atoms with Crippen molar-refractivity contribution in [2.45, 2.75) is 19.4 Å². The lowest BCUT2D eigenvalue weighted by Crippen LogP contribution is -2.30. The third-order valence-corrected chi connectivity index (χ3v) is 5.35. The van der Waals surface area contributed by atoms with Gasteiger partial charge in [0.05, 0.1) is 18.7 Å². The molecule has 0 aliphatic carbocycles. The number of H-pyrrole nitrogens is 1. The maximum Gasteiger partial charge on any atom is 0.312 e. The summed E-state index contributed by atoms with van der Waals surface area (Å²) in [7, 11) is 1.53. The molecule has 154 valence electrons. The number of hydrogen-bond acceptors (Lipinski definition) is 5. The molecule has 7 heteroatoms. The van der Waals surface area contributed by atoms with Crippen molar-refractivity contribution in [3.05, 3.63) is 60.3 Å². The standard InChI is InChI=1S/C23H22N2O5/c1-14(22(27)17-12-24-18-8-4-3-7-16(17)18)30-23(28)15-11-21(26)25(13-15)19-9-5-6-10-20(19)29-2/h3-10,12,14-15,24H,11,13H2,1-2H3/t14-,15+/m1/s1. The number of Topliss-reactive ketones (excluding diaryl/α,β-unsaturated/α-hetero) is 1. The quantitative estimate of drug-likeness (QED) is 0.501. The van der Waals surface area contributed by atoms with Crippen LogP contribution in [0, 0.1) is 5.92 Å². The van der Waals surface area contributed by atoms with Crippen LogP contribution in [0.1, 0.15) is 23.7 Å². The van der Waals surface area contributed by atoms with Gasteiger partial charge in [-0.05, 0) is 25.1 Å². The molecule has 2 aromatic carbocycles. The number of nitrogens with zero attached hydrogens (tertiary/aromatic N) is 1. The van der Waals surface area contributed by atoms with Crippen molar-refractivity contribution >= 4 is 34.3 Å². The highest BCUT2D eigenvalue weighted by Crippen LogP contribution is 2.33. The van der Waals surface area contributed by atoms with Crippen LogP contribution in [0.25, 0.3) is 10.9 Å². The zero-order valence-corrected chi connectivity index (χ0v) is 16.8. The fraction of sp³-hybridized carbons (Fsp3) is 0.261. The van der Waals surface area contributed by atoms with Crippen LogP contribution in [0.2, 0.25) is 0 Å². The molecule has 0 bridgehead atoms. The molecular formula is C23H22N2O5. The van der Waals surface area contributed by atoms with Gasteiger partial charge in [-0.15, -0.1) is 0 Å². The maximum absolute atomic E-state index is 12.8. The van der Waals surface area contributed by atoms with Crippen LogP contribution in [-0.4, -0.2) is 42.4 Å². The van der Waals surface area contributed by atoms with Crippen molar-refractivity contribution in [1.29, 1.82) is 0 Å². The highest BCUT2D eigenvalue weighted by molar-refractivity contribution is 6.10. The number of aromatic nitrogens is 1. The van der Waals surface area contributed by atoms with Crippen LogP contribution in [-0.2, 0) is 14.3 Å². The molecule has 0 saturated carbocycles. The summed E-state index contributed by atoms with van der Waals surface area (Å²) in [5.41, 5.74) is 1.93. The van der Waals surface area contributed by atoms with Gasteiger partial charge in [-0.2, -0.15) is 0 Å². The number of fused-ring (bicyclic) bond motifs is 1. The number of para-hydroxylation sites is 3. The fourth-order valence-electron chi connectivity index (χ4n) is 3.77. The average molecular weight is 406 g/mol. The number of rotatable bonds is 6. The van der Waals surface area contributed by atoms with E-state index in [1.807, 2.05) is 30.3 Å². The molecule has 1 aromatic heterocycles. The lowest BCUT2D eigenvalue weighted by Gasteiger charge is -2.19. The van der Waals surface area contributed by atoms with E-state index in [-0.39, 0.29) is 24.7 Å². The Bertz CT molecular complexity index is 1120. The van der Waals surface area contributed by atoms with E-state index in [4.69, 9.17) is 9.47 Å². The summed E-state index contributed by atoms with van der Waals surface area (Å²) in [6.07, 6.45) is 0.706. The van der Waals surface area contributed by atoms with Crippen LogP contribution in [0.5, 0.6) is 5.75 Å². The van der Waals surface area contributed by atoms with E-state index in [1.165, 1.54) is 12.0 Å². The summed E-state index contributed by atoms with van der Waals surface area (Å²) in [6.45, 7) is 1.74. The maximum atomic E-state index is 12.8. The van der Waals surface area contributed by atoms with Crippen molar-refractivity contribution in [2.24, 2.45) is 5.92 Å². The Balaban J connectivity index is 1.45. The lowest BCUT2D eigenvalue weighted by molar-refractivity contribution is -0.151. The number of benzene rings is 2. The molecule has 1 aliphatic heterocycles. The molecular weight excluding hydrogens is 384 g/mol. The SMILES string of the molecule is COc1ccccc1N1C[C@@H](C(=O)O[C@H](C)C(=O)c2c[nH]c3ccccc23)CC1=O. The van der Waals surface area contributed by atoms with E-state index in [1.54, 1.807) is 31.3 Å². The number of esters is 1. The highest BCUT2D eigenvalue weighted by atomic mass is 16.5. The number of amides is 1. The first-order valence-electron chi connectivity index (χ1n) is 9.73. The van der Waals surface area contributed by atoms with Gasteiger partial charge in [-0.1, -0.05) is 30.3 Å². The summed E-state index contributed by atoms with van der Waals surface area (Å²) >= 11 is 0. The van der Waals surface area contributed by atoms with E-state index in [9.17, 15) is 14.4 Å². The monoisotopic (exact) mass is 406 g/mol. The number of nitrogens with one attached hydrogen (secondary N) is 1. The van der Waals surface area contributed by atoms with Gasteiger partial charge in [0.2, 0.25) is 11.7 Å². The number of carbonyl (C=O) groups excluding carboxylic acids is 3. The second-order valence-corrected chi connectivity index (χ2v) is 7.27. The summed E-state index contributed by atoms with van der Waals surface area (Å²) < 4.78 is 10.8. The number of anilines is 1. The molecule has 2 heterocycles. The van der Waals surface area contributed by atoms with Crippen molar-refractivity contribution in [1.82, 2.24) is 4.98 Å². The third-order valence-electron chi connectivity index (χ3n) is 5.35. The molecule has 1 N–H and O–H groups in total. The number of aromatic amines is 1. The Kier molecular flexibility index (Phi) is 5.27. The van der Waals surface area contributed by atoms with Gasteiger partial charge in [0.15, 0.2) is 6.10 Å². The van der Waals surface area contributed by atoms with Crippen LogP contribution in [0.15, 0.2) is 54.7 Å². The summed E-state index contributed by atoms with van der Waals surface area (Å²) in [5.74, 6) is -1.10. The van der Waals surface area contributed by atoms with Crippen LogP contribution >= 0.6 is 0 Å². The van der Waals surface area contributed by atoms with E-state index >= 15 is 0 Å². The van der Waals surface area contributed by atoms with Crippen LogP contribution in [0.3, 0.4) is 0 Å². The Labute approximate surface area is 173 Å². The van der Waals surface area contributed by atoms with Gasteiger partial charge >= 0.3 is 5.97 Å². The molecule has 0 radical (unpaired) electrons. The van der Waals surface area contributed by atoms with Gasteiger partial charge in [0.1, 0.15) is 5.75 Å². The van der Waals surface area contributed by atoms with E-state index in [0.29, 0.717) is 17.0 Å². The Morgan fingerprint density at radius 2 is 1.87 bits per heavy atom. The predicted molar refractivity (Wildman–Crippen MR) is 112 cm³/mol. The molecule has 2 atom stereocenters. The van der Waals surface area contributed by atoms with Gasteiger partial charge in [0.25, 0.3) is 0 Å². The van der Waals surface area contributed by atoms with Crippen LogP contribution in [0.4, 0.5) is 5.69 Å². The molecule has 1 saturated heterocycles. The number of hydrogen-bond donors (Lipinski definition) is 1. The second kappa shape index (κ2) is 8.02. The lowest BCUT2D eigenvalue weighted by atomic mass is 10.1. The number of carbonyl (C=O) groups is 3. The second-order valence-electron chi connectivity index (χ2n) is 7.27. The number of ketones is 1. The third kappa shape index (κ3) is 3.54. The van der Waals surface area contributed by atoms with E-state index in [2.05, 4.69) is 4.98 Å². The summed E-state index contributed by atoms with van der Waals surface area (Å²) in [4.78, 5) is 42.6. The molecule has 1 amide bonds. The largest absolute Gasteiger partial charge is 0.495 e. The first-order valence-corrected chi connectivity index (χ1v) is 9.73. The molecule has 3 aromatic rings. The molecule has 4 rings (SSSR count). The summed E-state index contributed by atoms with van der Waals surface area (Å²) in [6, 6.07) is 14.6. The molecule has 1 fully saturated rings. The topological polar surface area (TPSA) is 88.7 Å². The predicted octanol–water partition coefficient (Wildman–Crippen LogP) is 3.34. The molecule has 0 spiro atoms. The zero-order chi connectivity index (χ0) is 21.3. The number of methoxy groups -OCH3 is 1. The van der Waals surface area contributed by atoms with E-state index < -0.39 is 18.0 Å². The molecule has 1 aliphatic rings. The first-order chi connectivity index (χ1) is 14.5. The minimum Gasteiger partial charge on any atom is -0.495 e. The van der Waals surface area contributed by atoms with Crippen molar-refractivity contribution in [3.8, 4) is 5.75 Å². The van der Waals surface area contributed by atoms with Gasteiger partial charge in [-0.25, -0.2) is 0 Å². The van der Waals surface area contributed by atoms with Crippen LogP contribution < -0.4 is 9.64 Å². The molecule has 0 unspecified atom stereocenters.